The number of ether oxygens (including phenoxy) is 1. The molecule has 114 valence electrons. The van der Waals surface area contributed by atoms with Crippen molar-refractivity contribution in [3.63, 3.8) is 0 Å². The Morgan fingerprint density at radius 2 is 1.95 bits per heavy atom. The van der Waals surface area contributed by atoms with Crippen LogP contribution >= 0.6 is 0 Å². The van der Waals surface area contributed by atoms with E-state index in [1.165, 1.54) is 8.61 Å². The molecule has 0 radical (unpaired) electrons. The molecular formula is C12H26N2O4S. The molecule has 1 saturated heterocycles. The van der Waals surface area contributed by atoms with E-state index >= 15 is 0 Å². The Labute approximate surface area is 116 Å². The smallest absolute Gasteiger partial charge is 0.282 e. The maximum atomic E-state index is 12.6. The van der Waals surface area contributed by atoms with Gasteiger partial charge < -0.3 is 9.84 Å². The number of rotatable bonds is 7. The SMILES string of the molecule is COCCN(C(C)C)S(=O)(=O)N1CCC(CO)CC1. The van der Waals surface area contributed by atoms with Crippen LogP contribution in [0.15, 0.2) is 0 Å². The first-order valence-corrected chi connectivity index (χ1v) is 8.19. The van der Waals surface area contributed by atoms with E-state index in [0.717, 1.165) is 12.8 Å². The predicted molar refractivity (Wildman–Crippen MR) is 74.0 cm³/mol. The van der Waals surface area contributed by atoms with E-state index in [9.17, 15) is 8.42 Å². The quantitative estimate of drug-likeness (QED) is 0.733. The molecule has 0 saturated carbocycles. The van der Waals surface area contributed by atoms with Gasteiger partial charge in [0.15, 0.2) is 0 Å². The lowest BCUT2D eigenvalue weighted by Crippen LogP contribution is -2.50. The molecule has 1 N–H and O–H groups in total. The second kappa shape index (κ2) is 7.54. The van der Waals surface area contributed by atoms with Crippen LogP contribution in [0.2, 0.25) is 0 Å². The first-order valence-electron chi connectivity index (χ1n) is 6.80. The third-order valence-electron chi connectivity index (χ3n) is 3.55. The monoisotopic (exact) mass is 294 g/mol. The molecule has 0 unspecified atom stereocenters. The summed E-state index contributed by atoms with van der Waals surface area (Å²) in [4.78, 5) is 0. The van der Waals surface area contributed by atoms with Gasteiger partial charge in [-0.15, -0.1) is 0 Å². The minimum absolute atomic E-state index is 0.0873. The first-order chi connectivity index (χ1) is 8.93. The van der Waals surface area contributed by atoms with Crippen LogP contribution in [0.3, 0.4) is 0 Å². The van der Waals surface area contributed by atoms with Gasteiger partial charge in [0.05, 0.1) is 6.61 Å². The van der Waals surface area contributed by atoms with Crippen LogP contribution in [0.1, 0.15) is 26.7 Å². The van der Waals surface area contributed by atoms with Gasteiger partial charge in [0, 0.05) is 39.4 Å². The normalized spacial score (nSPS) is 19.5. The number of hydrogen-bond donors (Lipinski definition) is 1. The van der Waals surface area contributed by atoms with Crippen molar-refractivity contribution in [3.8, 4) is 0 Å². The highest BCUT2D eigenvalue weighted by Gasteiger charge is 2.33. The Kier molecular flexibility index (Phi) is 6.68. The van der Waals surface area contributed by atoms with Crippen LogP contribution in [0, 0.1) is 5.92 Å². The van der Waals surface area contributed by atoms with Gasteiger partial charge in [0.2, 0.25) is 0 Å². The minimum Gasteiger partial charge on any atom is -0.396 e. The highest BCUT2D eigenvalue weighted by Crippen LogP contribution is 2.21. The number of piperidine rings is 1. The second-order valence-electron chi connectivity index (χ2n) is 5.23. The lowest BCUT2D eigenvalue weighted by Gasteiger charge is -2.36. The summed E-state index contributed by atoms with van der Waals surface area (Å²) < 4.78 is 33.1. The van der Waals surface area contributed by atoms with Crippen LogP contribution in [0.5, 0.6) is 0 Å². The summed E-state index contributed by atoms with van der Waals surface area (Å²) in [6.07, 6.45) is 1.46. The van der Waals surface area contributed by atoms with Crippen molar-refractivity contribution >= 4 is 10.2 Å². The summed E-state index contributed by atoms with van der Waals surface area (Å²) in [6, 6.07) is -0.0873. The topological polar surface area (TPSA) is 70.1 Å². The second-order valence-corrected chi connectivity index (χ2v) is 7.11. The molecule has 1 aliphatic rings. The minimum atomic E-state index is -3.42. The summed E-state index contributed by atoms with van der Waals surface area (Å²) in [5, 5.41) is 9.10. The number of hydrogen-bond acceptors (Lipinski definition) is 4. The zero-order valence-electron chi connectivity index (χ0n) is 12.1. The summed E-state index contributed by atoms with van der Waals surface area (Å²) in [5.41, 5.74) is 0. The standard InChI is InChI=1S/C12H26N2O4S/c1-11(2)14(8-9-18-3)19(16,17)13-6-4-12(10-15)5-7-13/h11-12,15H,4-10H2,1-3H3. The zero-order chi connectivity index (χ0) is 14.5. The van der Waals surface area contributed by atoms with Gasteiger partial charge in [0.25, 0.3) is 10.2 Å². The average Bonchev–Trinajstić information content (AvgIpc) is 2.38. The van der Waals surface area contributed by atoms with Crippen molar-refractivity contribution in [2.75, 3.05) is 40.0 Å². The van der Waals surface area contributed by atoms with Crippen molar-refractivity contribution in [2.24, 2.45) is 5.92 Å². The van der Waals surface area contributed by atoms with E-state index < -0.39 is 10.2 Å². The van der Waals surface area contributed by atoms with Gasteiger partial charge in [-0.1, -0.05) is 0 Å². The van der Waals surface area contributed by atoms with Gasteiger partial charge in [0.1, 0.15) is 0 Å². The van der Waals surface area contributed by atoms with Crippen molar-refractivity contribution in [3.05, 3.63) is 0 Å². The molecule has 0 atom stereocenters. The molecule has 19 heavy (non-hydrogen) atoms. The molecule has 0 aliphatic carbocycles. The molecule has 0 amide bonds. The summed E-state index contributed by atoms with van der Waals surface area (Å²) >= 11 is 0. The number of aliphatic hydroxyl groups is 1. The molecule has 1 heterocycles. The number of methoxy groups -OCH3 is 1. The fraction of sp³-hybridized carbons (Fsp3) is 1.00. The molecule has 0 aromatic heterocycles. The molecule has 6 nitrogen and oxygen atoms in total. The highest BCUT2D eigenvalue weighted by atomic mass is 32.2. The van der Waals surface area contributed by atoms with Crippen LogP contribution in [0.4, 0.5) is 0 Å². The van der Waals surface area contributed by atoms with E-state index in [1.807, 2.05) is 13.8 Å². The van der Waals surface area contributed by atoms with Crippen molar-refractivity contribution in [2.45, 2.75) is 32.7 Å². The molecule has 0 bridgehead atoms. The third kappa shape index (κ3) is 4.39. The van der Waals surface area contributed by atoms with E-state index in [0.29, 0.717) is 26.2 Å². The van der Waals surface area contributed by atoms with E-state index in [2.05, 4.69) is 0 Å². The molecule has 1 rings (SSSR count). The Bertz CT molecular complexity index is 351. The summed E-state index contributed by atoms with van der Waals surface area (Å²) in [7, 11) is -1.85. The lowest BCUT2D eigenvalue weighted by molar-refractivity contribution is 0.152. The summed E-state index contributed by atoms with van der Waals surface area (Å²) in [5.74, 6) is 0.234. The molecule has 0 spiro atoms. The van der Waals surface area contributed by atoms with Crippen molar-refractivity contribution in [1.82, 2.24) is 8.61 Å². The molecule has 0 aromatic rings. The zero-order valence-corrected chi connectivity index (χ0v) is 12.9. The van der Waals surface area contributed by atoms with Crippen molar-refractivity contribution < 1.29 is 18.3 Å². The molecule has 0 aromatic carbocycles. The van der Waals surface area contributed by atoms with Crippen LogP contribution < -0.4 is 0 Å². The molecule has 1 fully saturated rings. The largest absolute Gasteiger partial charge is 0.396 e. The molecular weight excluding hydrogens is 268 g/mol. The fourth-order valence-corrected chi connectivity index (χ4v) is 4.10. The Hall–Kier alpha value is -0.210. The van der Waals surface area contributed by atoms with Gasteiger partial charge in [-0.2, -0.15) is 17.0 Å². The van der Waals surface area contributed by atoms with E-state index in [1.54, 1.807) is 7.11 Å². The number of aliphatic hydroxyl groups excluding tert-OH is 1. The highest BCUT2D eigenvalue weighted by molar-refractivity contribution is 7.86. The van der Waals surface area contributed by atoms with Crippen molar-refractivity contribution in [1.29, 1.82) is 0 Å². The van der Waals surface area contributed by atoms with Gasteiger partial charge in [-0.3, -0.25) is 0 Å². The van der Waals surface area contributed by atoms with Gasteiger partial charge in [-0.25, -0.2) is 0 Å². The Morgan fingerprint density at radius 1 is 1.37 bits per heavy atom. The number of nitrogens with zero attached hydrogens (tertiary/aromatic N) is 2. The maximum Gasteiger partial charge on any atom is 0.282 e. The molecule has 1 aliphatic heterocycles. The van der Waals surface area contributed by atoms with Gasteiger partial charge in [-0.05, 0) is 32.6 Å². The van der Waals surface area contributed by atoms with Crippen LogP contribution in [0.25, 0.3) is 0 Å². The maximum absolute atomic E-state index is 12.6. The predicted octanol–water partition coefficient (Wildman–Crippen LogP) is 0.292. The third-order valence-corrected chi connectivity index (χ3v) is 5.76. The average molecular weight is 294 g/mol. The Morgan fingerprint density at radius 3 is 2.37 bits per heavy atom. The van der Waals surface area contributed by atoms with Gasteiger partial charge >= 0.3 is 0 Å². The Balaban J connectivity index is 2.71. The summed E-state index contributed by atoms with van der Waals surface area (Å²) in [6.45, 7) is 5.63. The lowest BCUT2D eigenvalue weighted by atomic mass is 10.00. The first kappa shape index (κ1) is 16.8. The molecule has 7 heteroatoms. The van der Waals surface area contributed by atoms with Crippen LogP contribution in [-0.4, -0.2) is 68.1 Å². The van der Waals surface area contributed by atoms with E-state index in [4.69, 9.17) is 9.84 Å². The van der Waals surface area contributed by atoms with E-state index in [-0.39, 0.29) is 18.6 Å². The van der Waals surface area contributed by atoms with Crippen LogP contribution in [-0.2, 0) is 14.9 Å². The fourth-order valence-electron chi connectivity index (χ4n) is 2.29.